The first-order valence-electron chi connectivity index (χ1n) is 14.3. The minimum Gasteiger partial charge on any atom is -0.507 e. The molecule has 7 nitrogen and oxygen atoms in total. The van der Waals surface area contributed by atoms with Crippen LogP contribution in [0.25, 0.3) is 5.76 Å². The molecule has 216 valence electrons. The van der Waals surface area contributed by atoms with E-state index in [1.165, 1.54) is 0 Å². The van der Waals surface area contributed by atoms with Gasteiger partial charge in [-0.05, 0) is 80.9 Å². The van der Waals surface area contributed by atoms with Gasteiger partial charge in [-0.2, -0.15) is 0 Å². The van der Waals surface area contributed by atoms with Crippen molar-refractivity contribution in [3.05, 3.63) is 101 Å². The number of aryl methyl sites for hydroxylation is 1. The van der Waals surface area contributed by atoms with Crippen molar-refractivity contribution in [1.29, 1.82) is 0 Å². The lowest BCUT2D eigenvalue weighted by Gasteiger charge is -2.28. The summed E-state index contributed by atoms with van der Waals surface area (Å²) in [7, 11) is 0. The molecule has 0 aliphatic carbocycles. The Morgan fingerprint density at radius 3 is 2.22 bits per heavy atom. The second-order valence-corrected chi connectivity index (χ2v) is 10.5. The van der Waals surface area contributed by atoms with Gasteiger partial charge in [-0.1, -0.05) is 56.3 Å². The lowest BCUT2D eigenvalue weighted by atomic mass is 9.94. The van der Waals surface area contributed by atoms with E-state index in [0.717, 1.165) is 29.8 Å². The SMILES string of the molecule is CCN(CC)CCN1C(=O)C(=O)C(=C(O)c2ccc(OC(C)C)cc2C)C1c1ccc(OCc2ccccc2)cc1. The lowest BCUT2D eigenvalue weighted by molar-refractivity contribution is -0.140. The van der Waals surface area contributed by atoms with E-state index >= 15 is 0 Å². The molecule has 1 atom stereocenters. The van der Waals surface area contributed by atoms with Crippen LogP contribution in [0, 0.1) is 6.92 Å². The fraction of sp³-hybridized carbons (Fsp3) is 0.353. The van der Waals surface area contributed by atoms with Gasteiger partial charge in [-0.3, -0.25) is 9.59 Å². The lowest BCUT2D eigenvalue weighted by Crippen LogP contribution is -2.38. The van der Waals surface area contributed by atoms with Gasteiger partial charge in [-0.25, -0.2) is 0 Å². The first-order chi connectivity index (χ1) is 19.7. The first kappa shape index (κ1) is 29.9. The average Bonchev–Trinajstić information content (AvgIpc) is 3.22. The third kappa shape index (κ3) is 6.98. The predicted octanol–water partition coefficient (Wildman–Crippen LogP) is 6.12. The van der Waals surface area contributed by atoms with Crippen molar-refractivity contribution in [3.63, 3.8) is 0 Å². The number of nitrogens with zero attached hydrogens (tertiary/aromatic N) is 2. The number of benzene rings is 3. The topological polar surface area (TPSA) is 79.3 Å². The molecule has 0 bridgehead atoms. The van der Waals surface area contributed by atoms with Crippen LogP contribution in [0.1, 0.15) is 56.0 Å². The number of hydrogen-bond acceptors (Lipinski definition) is 6. The van der Waals surface area contributed by atoms with E-state index in [0.29, 0.717) is 36.8 Å². The fourth-order valence-electron chi connectivity index (χ4n) is 5.13. The summed E-state index contributed by atoms with van der Waals surface area (Å²) in [6, 6.07) is 21.9. The fourth-order valence-corrected chi connectivity index (χ4v) is 5.13. The van der Waals surface area contributed by atoms with Crippen molar-refractivity contribution in [1.82, 2.24) is 9.80 Å². The number of carbonyl (C=O) groups is 2. The highest BCUT2D eigenvalue weighted by Crippen LogP contribution is 2.40. The molecule has 3 aromatic carbocycles. The smallest absolute Gasteiger partial charge is 0.295 e. The maximum atomic E-state index is 13.5. The molecule has 1 saturated heterocycles. The van der Waals surface area contributed by atoms with Crippen LogP contribution in [-0.4, -0.2) is 58.9 Å². The Bertz CT molecular complexity index is 1380. The van der Waals surface area contributed by atoms with Gasteiger partial charge in [-0.15, -0.1) is 0 Å². The monoisotopic (exact) mass is 556 g/mol. The van der Waals surface area contributed by atoms with Gasteiger partial charge in [0, 0.05) is 18.7 Å². The average molecular weight is 557 g/mol. The minimum absolute atomic E-state index is 0.00428. The van der Waals surface area contributed by atoms with Gasteiger partial charge in [0.2, 0.25) is 0 Å². The van der Waals surface area contributed by atoms with E-state index in [-0.39, 0.29) is 17.4 Å². The predicted molar refractivity (Wildman–Crippen MR) is 161 cm³/mol. The molecule has 1 amide bonds. The summed E-state index contributed by atoms with van der Waals surface area (Å²) in [4.78, 5) is 30.6. The van der Waals surface area contributed by atoms with Crippen molar-refractivity contribution >= 4 is 17.4 Å². The highest BCUT2D eigenvalue weighted by Gasteiger charge is 2.46. The minimum atomic E-state index is -0.722. The molecule has 1 fully saturated rings. The van der Waals surface area contributed by atoms with Gasteiger partial charge in [0.05, 0.1) is 17.7 Å². The first-order valence-corrected chi connectivity index (χ1v) is 14.3. The molecule has 1 aliphatic heterocycles. The largest absolute Gasteiger partial charge is 0.507 e. The van der Waals surface area contributed by atoms with Crippen LogP contribution in [0.2, 0.25) is 0 Å². The molecule has 7 heteroatoms. The van der Waals surface area contributed by atoms with E-state index in [2.05, 4.69) is 18.7 Å². The Morgan fingerprint density at radius 2 is 1.61 bits per heavy atom. The molecule has 1 N–H and O–H groups in total. The Morgan fingerprint density at radius 1 is 0.951 bits per heavy atom. The maximum absolute atomic E-state index is 13.5. The molecule has 1 unspecified atom stereocenters. The van der Waals surface area contributed by atoms with Gasteiger partial charge in [0.1, 0.15) is 23.9 Å². The summed E-state index contributed by atoms with van der Waals surface area (Å²) >= 11 is 0. The summed E-state index contributed by atoms with van der Waals surface area (Å²) in [5.41, 5.74) is 3.12. The Balaban J connectivity index is 1.70. The Kier molecular flexibility index (Phi) is 9.84. The number of ketones is 1. The van der Waals surface area contributed by atoms with Crippen LogP contribution in [0.4, 0.5) is 0 Å². The zero-order chi connectivity index (χ0) is 29.5. The molecule has 41 heavy (non-hydrogen) atoms. The van der Waals surface area contributed by atoms with Crippen LogP contribution in [-0.2, 0) is 16.2 Å². The third-order valence-corrected chi connectivity index (χ3v) is 7.36. The molecule has 1 heterocycles. The van der Waals surface area contributed by atoms with E-state index in [9.17, 15) is 14.7 Å². The summed E-state index contributed by atoms with van der Waals surface area (Å²) in [5.74, 6) is -0.119. The quantitative estimate of drug-likeness (QED) is 0.164. The van der Waals surface area contributed by atoms with Crippen LogP contribution < -0.4 is 9.47 Å². The van der Waals surface area contributed by atoms with E-state index < -0.39 is 17.7 Å². The standard InChI is InChI=1S/C34H40N2O5/c1-6-35(7-2)19-20-36-31(26-13-15-27(16-14-26)40-22-25-11-9-8-10-12-25)30(33(38)34(36)39)32(37)29-18-17-28(21-24(29)5)41-23(3)4/h8-18,21,23,31,37H,6-7,19-20,22H2,1-5H3. The number of likely N-dealkylation sites (tertiary alicyclic amines) is 1. The molecule has 1 aliphatic rings. The Labute approximate surface area is 243 Å². The zero-order valence-corrected chi connectivity index (χ0v) is 24.6. The highest BCUT2D eigenvalue weighted by molar-refractivity contribution is 6.46. The number of carbonyl (C=O) groups excluding carboxylic acids is 2. The second-order valence-electron chi connectivity index (χ2n) is 10.5. The molecule has 0 saturated carbocycles. The Hall–Kier alpha value is -4.10. The van der Waals surface area contributed by atoms with Crippen LogP contribution >= 0.6 is 0 Å². The molecular formula is C34H40N2O5. The number of hydrogen-bond donors (Lipinski definition) is 1. The van der Waals surface area contributed by atoms with Crippen molar-refractivity contribution in [3.8, 4) is 11.5 Å². The van der Waals surface area contributed by atoms with Gasteiger partial charge in [0.25, 0.3) is 11.7 Å². The molecule has 3 aromatic rings. The number of rotatable bonds is 12. The van der Waals surface area contributed by atoms with Gasteiger partial charge >= 0.3 is 0 Å². The van der Waals surface area contributed by atoms with Gasteiger partial charge < -0.3 is 24.4 Å². The zero-order valence-electron chi connectivity index (χ0n) is 24.6. The van der Waals surface area contributed by atoms with Crippen molar-refractivity contribution in [2.75, 3.05) is 26.2 Å². The van der Waals surface area contributed by atoms with Crippen molar-refractivity contribution < 1.29 is 24.2 Å². The summed E-state index contributed by atoms with van der Waals surface area (Å²) in [6.45, 7) is 13.0. The molecule has 0 spiro atoms. The van der Waals surface area contributed by atoms with Gasteiger partial charge in [0.15, 0.2) is 0 Å². The number of aliphatic hydroxyl groups is 1. The molecule has 0 radical (unpaired) electrons. The molecule has 4 rings (SSSR count). The molecule has 0 aromatic heterocycles. The van der Waals surface area contributed by atoms with Crippen molar-refractivity contribution in [2.24, 2.45) is 0 Å². The second kappa shape index (κ2) is 13.5. The highest BCUT2D eigenvalue weighted by atomic mass is 16.5. The summed E-state index contributed by atoms with van der Waals surface area (Å²) < 4.78 is 11.7. The number of ether oxygens (including phenoxy) is 2. The maximum Gasteiger partial charge on any atom is 0.295 e. The van der Waals surface area contributed by atoms with Crippen LogP contribution in [0.3, 0.4) is 0 Å². The van der Waals surface area contributed by atoms with Crippen molar-refractivity contribution in [2.45, 2.75) is 53.4 Å². The van der Waals surface area contributed by atoms with Crippen LogP contribution in [0.15, 0.2) is 78.4 Å². The van der Waals surface area contributed by atoms with Crippen LogP contribution in [0.5, 0.6) is 11.5 Å². The number of amides is 1. The molecular weight excluding hydrogens is 516 g/mol. The number of aliphatic hydroxyl groups excluding tert-OH is 1. The normalized spacial score (nSPS) is 16.6. The van der Waals surface area contributed by atoms with E-state index in [1.807, 2.05) is 81.4 Å². The number of likely N-dealkylation sites (N-methyl/N-ethyl adjacent to an activating group) is 1. The van der Waals surface area contributed by atoms with E-state index in [4.69, 9.17) is 9.47 Å². The number of Topliss-reactive ketones (excluding diaryl/α,β-unsaturated/α-hetero) is 1. The summed E-state index contributed by atoms with van der Waals surface area (Å²) in [6.07, 6.45) is 0.00428. The van der Waals surface area contributed by atoms with E-state index in [1.54, 1.807) is 17.0 Å². The summed E-state index contributed by atoms with van der Waals surface area (Å²) in [5, 5.41) is 11.6. The third-order valence-electron chi connectivity index (χ3n) is 7.36.